The topological polar surface area (TPSA) is 39.4 Å². The van der Waals surface area contributed by atoms with Gasteiger partial charge >= 0.3 is 0 Å². The highest BCUT2D eigenvalue weighted by atomic mass is 16.3. The Morgan fingerprint density at radius 1 is 0.372 bits per heavy atom. The van der Waals surface area contributed by atoms with E-state index in [1.54, 1.807) is 6.26 Å². The Hall–Kier alpha value is -5.80. The summed E-state index contributed by atoms with van der Waals surface area (Å²) in [7, 11) is 0. The lowest BCUT2D eigenvalue weighted by atomic mass is 9.85. The van der Waals surface area contributed by atoms with Crippen LogP contribution in [0.15, 0.2) is 147 Å². The Labute approximate surface area is 245 Å². The summed E-state index contributed by atoms with van der Waals surface area (Å²) in [4.78, 5) is 0. The predicted octanol–water partition coefficient (Wildman–Crippen LogP) is 11.9. The minimum atomic E-state index is 0.862. The monoisotopic (exact) mass is 550 g/mol. The normalized spacial score (nSPS) is 12.2. The summed E-state index contributed by atoms with van der Waals surface area (Å²) in [5.74, 6) is 0. The van der Waals surface area contributed by atoms with Gasteiger partial charge < -0.3 is 13.3 Å². The van der Waals surface area contributed by atoms with E-state index in [1.807, 2.05) is 30.3 Å². The lowest BCUT2D eigenvalue weighted by molar-refractivity contribution is 0.615. The summed E-state index contributed by atoms with van der Waals surface area (Å²) in [5.41, 5.74) is 9.07. The first kappa shape index (κ1) is 22.8. The van der Waals surface area contributed by atoms with Crippen molar-refractivity contribution >= 4 is 76.4 Å². The maximum Gasteiger partial charge on any atom is 0.143 e. The zero-order valence-electron chi connectivity index (χ0n) is 22.9. The molecule has 3 heteroatoms. The molecule has 7 aromatic carbocycles. The number of hydrogen-bond donors (Lipinski definition) is 0. The van der Waals surface area contributed by atoms with Crippen molar-refractivity contribution in [3.63, 3.8) is 0 Å². The smallest absolute Gasteiger partial charge is 0.143 e. The minimum absolute atomic E-state index is 0.862. The third-order valence-electron chi connectivity index (χ3n) is 8.96. The van der Waals surface area contributed by atoms with Crippen LogP contribution in [0.3, 0.4) is 0 Å². The van der Waals surface area contributed by atoms with Gasteiger partial charge in [0.25, 0.3) is 0 Å². The summed E-state index contributed by atoms with van der Waals surface area (Å²) in [6.45, 7) is 0. The van der Waals surface area contributed by atoms with E-state index in [4.69, 9.17) is 13.3 Å². The maximum atomic E-state index is 6.54. The molecule has 0 aliphatic carbocycles. The molecule has 0 atom stereocenters. The Bertz CT molecular complexity index is 2680. The third-order valence-corrected chi connectivity index (χ3v) is 8.96. The van der Waals surface area contributed by atoms with Crippen molar-refractivity contribution < 1.29 is 13.3 Å². The summed E-state index contributed by atoms with van der Waals surface area (Å²) in [6.07, 6.45) is 1.75. The van der Waals surface area contributed by atoms with Gasteiger partial charge in [-0.3, -0.25) is 0 Å². The number of hydrogen-bond acceptors (Lipinski definition) is 3. The van der Waals surface area contributed by atoms with Crippen LogP contribution in [0.1, 0.15) is 0 Å². The summed E-state index contributed by atoms with van der Waals surface area (Å²) < 4.78 is 18.6. The first-order valence-electron chi connectivity index (χ1n) is 14.5. The first-order chi connectivity index (χ1) is 21.3. The highest BCUT2D eigenvalue weighted by molar-refractivity contribution is 6.25. The summed E-state index contributed by atoms with van der Waals surface area (Å²) in [5, 5.41) is 10.3. The molecule has 0 saturated carbocycles. The zero-order chi connectivity index (χ0) is 28.1. The molecule has 0 spiro atoms. The van der Waals surface area contributed by atoms with Gasteiger partial charge in [-0.1, -0.05) is 91.0 Å². The Morgan fingerprint density at radius 2 is 1.00 bits per heavy atom. The van der Waals surface area contributed by atoms with Crippen molar-refractivity contribution in [1.82, 2.24) is 0 Å². The number of para-hydroxylation sites is 2. The standard InChI is InChI=1S/C40H22O3/c1-3-11-27-25(9-1)37(23-16-17-35-32(22-23)39-30-20-21-41-33(30)18-19-36(39)42-35)26-10-2-4-12-28(26)38(27)31-14-7-13-29-24-8-5-6-15-34(24)43-40(29)31/h1-22H. The molecule has 0 aliphatic rings. The van der Waals surface area contributed by atoms with Crippen molar-refractivity contribution in [1.29, 1.82) is 0 Å². The number of benzene rings is 7. The van der Waals surface area contributed by atoms with Crippen LogP contribution in [-0.2, 0) is 0 Å². The van der Waals surface area contributed by atoms with Gasteiger partial charge in [-0.05, 0) is 69.1 Å². The molecule has 3 aromatic heterocycles. The Morgan fingerprint density at radius 3 is 1.79 bits per heavy atom. The van der Waals surface area contributed by atoms with E-state index in [1.165, 1.54) is 32.7 Å². The highest BCUT2D eigenvalue weighted by Crippen LogP contribution is 2.47. The van der Waals surface area contributed by atoms with Gasteiger partial charge in [-0.25, -0.2) is 0 Å². The molecule has 0 saturated heterocycles. The molecule has 200 valence electrons. The molecule has 43 heavy (non-hydrogen) atoms. The molecule has 0 bridgehead atoms. The van der Waals surface area contributed by atoms with Gasteiger partial charge in [-0.15, -0.1) is 0 Å². The van der Waals surface area contributed by atoms with E-state index in [-0.39, 0.29) is 0 Å². The highest BCUT2D eigenvalue weighted by Gasteiger charge is 2.21. The van der Waals surface area contributed by atoms with Crippen LogP contribution in [0.2, 0.25) is 0 Å². The molecular formula is C40H22O3. The van der Waals surface area contributed by atoms with Crippen LogP contribution in [0, 0.1) is 0 Å². The minimum Gasteiger partial charge on any atom is -0.464 e. The van der Waals surface area contributed by atoms with E-state index in [0.29, 0.717) is 0 Å². The molecule has 10 aromatic rings. The second-order valence-electron chi connectivity index (χ2n) is 11.2. The molecule has 0 aliphatic heterocycles. The first-order valence-corrected chi connectivity index (χ1v) is 14.5. The zero-order valence-corrected chi connectivity index (χ0v) is 22.9. The Kier molecular flexibility index (Phi) is 4.45. The van der Waals surface area contributed by atoms with Crippen LogP contribution in [-0.4, -0.2) is 0 Å². The average molecular weight is 551 g/mol. The van der Waals surface area contributed by atoms with Crippen molar-refractivity contribution in [3.8, 4) is 22.3 Å². The Balaban J connectivity index is 1.33. The lowest BCUT2D eigenvalue weighted by Gasteiger charge is -2.18. The number of furan rings is 3. The van der Waals surface area contributed by atoms with Gasteiger partial charge in [0.2, 0.25) is 0 Å². The van der Waals surface area contributed by atoms with Gasteiger partial charge in [0.05, 0.1) is 6.26 Å². The average Bonchev–Trinajstić information content (AvgIpc) is 3.78. The fourth-order valence-corrected chi connectivity index (χ4v) is 7.15. The second kappa shape index (κ2) is 8.37. The van der Waals surface area contributed by atoms with Gasteiger partial charge in [0.1, 0.15) is 27.9 Å². The van der Waals surface area contributed by atoms with E-state index in [9.17, 15) is 0 Å². The summed E-state index contributed by atoms with van der Waals surface area (Å²) >= 11 is 0. The van der Waals surface area contributed by atoms with Crippen molar-refractivity contribution in [2.75, 3.05) is 0 Å². The van der Waals surface area contributed by atoms with Crippen LogP contribution in [0.4, 0.5) is 0 Å². The molecule has 3 heterocycles. The van der Waals surface area contributed by atoms with E-state index in [2.05, 4.69) is 97.1 Å². The van der Waals surface area contributed by atoms with Crippen molar-refractivity contribution in [2.45, 2.75) is 0 Å². The summed E-state index contributed by atoms with van der Waals surface area (Å²) in [6, 6.07) is 44.8. The van der Waals surface area contributed by atoms with E-state index in [0.717, 1.165) is 66.0 Å². The number of rotatable bonds is 2. The molecule has 0 amide bonds. The van der Waals surface area contributed by atoms with Crippen molar-refractivity contribution in [2.24, 2.45) is 0 Å². The van der Waals surface area contributed by atoms with Crippen LogP contribution < -0.4 is 0 Å². The van der Waals surface area contributed by atoms with E-state index >= 15 is 0 Å². The van der Waals surface area contributed by atoms with Gasteiger partial charge in [-0.2, -0.15) is 0 Å². The molecular weight excluding hydrogens is 528 g/mol. The maximum absolute atomic E-state index is 6.54. The van der Waals surface area contributed by atoms with E-state index < -0.39 is 0 Å². The lowest BCUT2D eigenvalue weighted by Crippen LogP contribution is -1.91. The number of fused-ring (bicyclic) bond motifs is 10. The molecule has 3 nitrogen and oxygen atoms in total. The van der Waals surface area contributed by atoms with Crippen LogP contribution in [0.25, 0.3) is 98.6 Å². The van der Waals surface area contributed by atoms with Crippen molar-refractivity contribution in [3.05, 3.63) is 134 Å². The van der Waals surface area contributed by atoms with Crippen LogP contribution >= 0.6 is 0 Å². The molecule has 0 N–H and O–H groups in total. The quantitative estimate of drug-likeness (QED) is 0.201. The fourth-order valence-electron chi connectivity index (χ4n) is 7.15. The van der Waals surface area contributed by atoms with Gasteiger partial charge in [0.15, 0.2) is 0 Å². The predicted molar refractivity (Wildman–Crippen MR) is 177 cm³/mol. The molecule has 0 fully saturated rings. The largest absolute Gasteiger partial charge is 0.464 e. The molecule has 10 rings (SSSR count). The molecule has 0 radical (unpaired) electrons. The van der Waals surface area contributed by atoms with Crippen LogP contribution in [0.5, 0.6) is 0 Å². The van der Waals surface area contributed by atoms with Gasteiger partial charge in [0, 0.05) is 38.1 Å². The molecule has 0 unspecified atom stereocenters. The third kappa shape index (κ3) is 3.08. The second-order valence-corrected chi connectivity index (χ2v) is 11.2. The fraction of sp³-hybridized carbons (Fsp3) is 0. The SMILES string of the molecule is c1ccc2c(c1)oc1c(-c3c4ccccc4c(-c4ccc5oc6ccc7occc7c6c5c4)c4ccccc34)cccc12.